The van der Waals surface area contributed by atoms with Crippen molar-refractivity contribution in [2.45, 2.75) is 24.2 Å². The lowest BCUT2D eigenvalue weighted by Gasteiger charge is -2.27. The summed E-state index contributed by atoms with van der Waals surface area (Å²) in [5.41, 5.74) is 5.90. The Kier molecular flexibility index (Phi) is 5.00. The highest BCUT2D eigenvalue weighted by Crippen LogP contribution is 2.10. The Hall–Kier alpha value is -1.56. The van der Waals surface area contributed by atoms with Crippen LogP contribution in [0.2, 0.25) is 0 Å². The Morgan fingerprint density at radius 1 is 1.15 bits per heavy atom. The Bertz CT molecular complexity index is 549. The van der Waals surface area contributed by atoms with Crippen molar-refractivity contribution in [1.82, 2.24) is 4.90 Å². The minimum Gasteiger partial charge on any atom is -0.370 e. The summed E-state index contributed by atoms with van der Waals surface area (Å²) in [6.07, 6.45) is 3.48. The van der Waals surface area contributed by atoms with Crippen molar-refractivity contribution in [2.24, 2.45) is 10.7 Å². The summed E-state index contributed by atoms with van der Waals surface area (Å²) in [5, 5.41) is 0. The zero-order valence-electron chi connectivity index (χ0n) is 11.5. The van der Waals surface area contributed by atoms with Crippen LogP contribution in [0.5, 0.6) is 0 Å². The molecule has 1 saturated heterocycles. The molecule has 0 spiro atoms. The van der Waals surface area contributed by atoms with Crippen molar-refractivity contribution in [3.8, 4) is 0 Å². The van der Waals surface area contributed by atoms with E-state index >= 15 is 0 Å². The second-order valence-electron chi connectivity index (χ2n) is 4.92. The van der Waals surface area contributed by atoms with Crippen molar-refractivity contribution in [2.75, 3.05) is 25.4 Å². The van der Waals surface area contributed by atoms with Gasteiger partial charge >= 0.3 is 0 Å². The number of likely N-dealkylation sites (tertiary alicyclic amines) is 1. The molecule has 110 valence electrons. The lowest BCUT2D eigenvalue weighted by atomic mass is 10.1. The van der Waals surface area contributed by atoms with Gasteiger partial charge in [-0.1, -0.05) is 18.2 Å². The van der Waals surface area contributed by atoms with Gasteiger partial charge in [0.25, 0.3) is 0 Å². The van der Waals surface area contributed by atoms with E-state index in [1.807, 2.05) is 4.90 Å². The number of sulfone groups is 1. The number of hydrogen-bond acceptors (Lipinski definition) is 3. The molecule has 0 saturated carbocycles. The Morgan fingerprint density at radius 3 is 2.45 bits per heavy atom. The van der Waals surface area contributed by atoms with Gasteiger partial charge in [-0.05, 0) is 31.4 Å². The zero-order chi connectivity index (χ0) is 14.4. The van der Waals surface area contributed by atoms with E-state index in [1.165, 1.54) is 6.42 Å². The van der Waals surface area contributed by atoms with E-state index in [0.717, 1.165) is 25.9 Å². The third kappa shape index (κ3) is 3.96. The molecule has 0 atom stereocenters. The third-order valence-corrected chi connectivity index (χ3v) is 5.13. The molecule has 20 heavy (non-hydrogen) atoms. The van der Waals surface area contributed by atoms with E-state index in [1.54, 1.807) is 30.3 Å². The predicted octanol–water partition coefficient (Wildman–Crippen LogP) is 1.26. The molecule has 1 fully saturated rings. The highest BCUT2D eigenvalue weighted by molar-refractivity contribution is 7.91. The van der Waals surface area contributed by atoms with Gasteiger partial charge in [-0.2, -0.15) is 0 Å². The number of aliphatic imine (C=N–C) groups is 1. The summed E-state index contributed by atoms with van der Waals surface area (Å²) in [4.78, 5) is 6.57. The van der Waals surface area contributed by atoms with Crippen LogP contribution < -0.4 is 5.73 Å². The molecular formula is C14H21N3O2S. The summed E-state index contributed by atoms with van der Waals surface area (Å²) in [6.45, 7) is 2.04. The van der Waals surface area contributed by atoms with Crippen LogP contribution in [0.25, 0.3) is 0 Å². The van der Waals surface area contributed by atoms with E-state index < -0.39 is 9.84 Å². The largest absolute Gasteiger partial charge is 0.370 e. The molecule has 1 aliphatic heterocycles. The van der Waals surface area contributed by atoms with E-state index in [0.29, 0.717) is 10.9 Å². The molecule has 6 heteroatoms. The topological polar surface area (TPSA) is 75.8 Å². The molecular weight excluding hydrogens is 274 g/mol. The molecule has 1 heterocycles. The average Bonchev–Trinajstić information content (AvgIpc) is 2.49. The third-order valence-electron chi connectivity index (χ3n) is 3.42. The zero-order valence-corrected chi connectivity index (χ0v) is 12.3. The van der Waals surface area contributed by atoms with Crippen molar-refractivity contribution in [3.05, 3.63) is 30.3 Å². The van der Waals surface area contributed by atoms with Crippen molar-refractivity contribution in [3.63, 3.8) is 0 Å². The number of benzene rings is 1. The maximum Gasteiger partial charge on any atom is 0.191 e. The molecule has 2 N–H and O–H groups in total. The Labute approximate surface area is 120 Å². The van der Waals surface area contributed by atoms with E-state index in [9.17, 15) is 8.42 Å². The van der Waals surface area contributed by atoms with Crippen LogP contribution in [0.15, 0.2) is 40.2 Å². The van der Waals surface area contributed by atoms with Crippen LogP contribution in [0, 0.1) is 0 Å². The van der Waals surface area contributed by atoms with Crippen LogP contribution in [-0.2, 0) is 9.84 Å². The van der Waals surface area contributed by atoms with Crippen LogP contribution in [0.3, 0.4) is 0 Å². The first-order chi connectivity index (χ1) is 9.59. The number of hydrogen-bond donors (Lipinski definition) is 1. The van der Waals surface area contributed by atoms with Gasteiger partial charge in [0.05, 0.1) is 17.2 Å². The molecule has 0 aliphatic carbocycles. The fourth-order valence-electron chi connectivity index (χ4n) is 2.25. The molecule has 0 aromatic heterocycles. The van der Waals surface area contributed by atoms with E-state index in [4.69, 9.17) is 5.73 Å². The molecule has 1 aromatic rings. The fourth-order valence-corrected chi connectivity index (χ4v) is 3.39. The molecule has 0 amide bonds. The smallest absolute Gasteiger partial charge is 0.191 e. The minimum absolute atomic E-state index is 0.00838. The quantitative estimate of drug-likeness (QED) is 0.670. The van der Waals surface area contributed by atoms with Crippen molar-refractivity contribution >= 4 is 15.8 Å². The molecule has 2 rings (SSSR count). The van der Waals surface area contributed by atoms with Gasteiger partial charge in [-0.25, -0.2) is 8.42 Å². The van der Waals surface area contributed by atoms with Crippen LogP contribution in [-0.4, -0.2) is 44.7 Å². The first-order valence-electron chi connectivity index (χ1n) is 6.92. The number of nitrogens with two attached hydrogens (primary N) is 1. The number of guanidine groups is 1. The highest BCUT2D eigenvalue weighted by Gasteiger charge is 2.15. The Balaban J connectivity index is 1.91. The molecule has 1 aliphatic rings. The molecule has 1 aromatic carbocycles. The number of nitrogens with zero attached hydrogens (tertiary/aromatic N) is 2. The van der Waals surface area contributed by atoms with Gasteiger partial charge in [0.1, 0.15) is 0 Å². The highest BCUT2D eigenvalue weighted by atomic mass is 32.2. The molecule has 0 radical (unpaired) electrons. The van der Waals surface area contributed by atoms with Gasteiger partial charge in [0, 0.05) is 13.1 Å². The summed E-state index contributed by atoms with van der Waals surface area (Å²) in [6, 6.07) is 8.45. The van der Waals surface area contributed by atoms with Gasteiger partial charge in [-0.15, -0.1) is 0 Å². The number of piperidine rings is 1. The lowest BCUT2D eigenvalue weighted by molar-refractivity contribution is 0.338. The second-order valence-corrected chi connectivity index (χ2v) is 7.03. The first kappa shape index (κ1) is 14.8. The molecule has 5 nitrogen and oxygen atoms in total. The summed E-state index contributed by atoms with van der Waals surface area (Å²) in [7, 11) is -3.27. The van der Waals surface area contributed by atoms with Crippen LogP contribution >= 0.6 is 0 Å². The van der Waals surface area contributed by atoms with E-state index in [2.05, 4.69) is 4.99 Å². The monoisotopic (exact) mass is 295 g/mol. The van der Waals surface area contributed by atoms with Gasteiger partial charge < -0.3 is 10.6 Å². The summed E-state index contributed by atoms with van der Waals surface area (Å²) >= 11 is 0. The van der Waals surface area contributed by atoms with Crippen molar-refractivity contribution in [1.29, 1.82) is 0 Å². The van der Waals surface area contributed by atoms with Crippen molar-refractivity contribution < 1.29 is 8.42 Å². The maximum absolute atomic E-state index is 12.1. The standard InChI is InChI=1S/C14H21N3O2S/c15-14(17-10-5-2-6-11-17)16-9-12-20(18,19)13-7-3-1-4-8-13/h1,3-4,7-8H,2,5-6,9-12H2,(H2,15,16). The fraction of sp³-hybridized carbons (Fsp3) is 0.500. The normalized spacial score (nSPS) is 17.2. The molecule has 0 unspecified atom stereocenters. The SMILES string of the molecule is NC(=NCCS(=O)(=O)c1ccccc1)N1CCCCC1. The Morgan fingerprint density at radius 2 is 1.80 bits per heavy atom. The average molecular weight is 295 g/mol. The lowest BCUT2D eigenvalue weighted by Crippen LogP contribution is -2.41. The van der Waals surface area contributed by atoms with Crippen LogP contribution in [0.1, 0.15) is 19.3 Å². The van der Waals surface area contributed by atoms with Gasteiger partial charge in [-0.3, -0.25) is 4.99 Å². The first-order valence-corrected chi connectivity index (χ1v) is 8.57. The number of rotatable bonds is 4. The minimum atomic E-state index is -3.27. The summed E-state index contributed by atoms with van der Waals surface area (Å²) < 4.78 is 24.1. The van der Waals surface area contributed by atoms with Gasteiger partial charge in [0.15, 0.2) is 15.8 Å². The predicted molar refractivity (Wildman–Crippen MR) is 80.4 cm³/mol. The van der Waals surface area contributed by atoms with Crippen LogP contribution in [0.4, 0.5) is 0 Å². The van der Waals surface area contributed by atoms with Gasteiger partial charge in [0.2, 0.25) is 0 Å². The molecule has 0 bridgehead atoms. The second kappa shape index (κ2) is 6.74. The maximum atomic E-state index is 12.1. The van der Waals surface area contributed by atoms with E-state index in [-0.39, 0.29) is 12.3 Å². The summed E-state index contributed by atoms with van der Waals surface area (Å²) in [5.74, 6) is 0.457.